The molecule has 2 atom stereocenters. The molecule has 2 unspecified atom stereocenters. The fourth-order valence-electron chi connectivity index (χ4n) is 2.37. The molecule has 94 valence electrons. The Morgan fingerprint density at radius 2 is 2.41 bits per heavy atom. The molecule has 0 radical (unpaired) electrons. The van der Waals surface area contributed by atoms with E-state index >= 15 is 0 Å². The molecule has 1 aliphatic heterocycles. The normalized spacial score (nSPS) is 25.1. The number of hydrogen-bond donors (Lipinski definition) is 0. The SMILES string of the molecule is COC(=O)C1CN(Cc2cc(C)no2)CC1C. The Hall–Kier alpha value is -1.36. The summed E-state index contributed by atoms with van der Waals surface area (Å²) in [7, 11) is 1.44. The molecule has 0 amide bonds. The Morgan fingerprint density at radius 3 is 3.00 bits per heavy atom. The maximum atomic E-state index is 11.5. The van der Waals surface area contributed by atoms with E-state index in [1.165, 1.54) is 7.11 Å². The number of likely N-dealkylation sites (tertiary alicyclic amines) is 1. The van der Waals surface area contributed by atoms with Crippen LogP contribution in [-0.4, -0.2) is 36.2 Å². The smallest absolute Gasteiger partial charge is 0.310 e. The van der Waals surface area contributed by atoms with Crippen molar-refractivity contribution < 1.29 is 14.1 Å². The molecule has 0 bridgehead atoms. The lowest BCUT2D eigenvalue weighted by atomic mass is 9.99. The van der Waals surface area contributed by atoms with Crippen molar-refractivity contribution in [2.45, 2.75) is 20.4 Å². The average molecular weight is 238 g/mol. The summed E-state index contributed by atoms with van der Waals surface area (Å²) >= 11 is 0. The van der Waals surface area contributed by atoms with Gasteiger partial charge in [-0.05, 0) is 12.8 Å². The van der Waals surface area contributed by atoms with Gasteiger partial charge in [0, 0.05) is 19.2 Å². The number of aromatic nitrogens is 1. The predicted octanol–water partition coefficient (Wildman–Crippen LogP) is 1.22. The van der Waals surface area contributed by atoms with Crippen molar-refractivity contribution >= 4 is 5.97 Å². The number of carbonyl (C=O) groups is 1. The molecule has 5 heteroatoms. The Bertz CT molecular complexity index is 402. The third-order valence-electron chi connectivity index (χ3n) is 3.25. The van der Waals surface area contributed by atoms with E-state index in [-0.39, 0.29) is 11.9 Å². The summed E-state index contributed by atoms with van der Waals surface area (Å²) in [4.78, 5) is 13.7. The first kappa shape index (κ1) is 12.1. The highest BCUT2D eigenvalue weighted by Gasteiger charge is 2.35. The minimum absolute atomic E-state index is 0.0241. The monoisotopic (exact) mass is 238 g/mol. The first-order valence-electron chi connectivity index (χ1n) is 5.82. The van der Waals surface area contributed by atoms with Gasteiger partial charge in [-0.3, -0.25) is 9.69 Å². The highest BCUT2D eigenvalue weighted by atomic mass is 16.5. The zero-order valence-electron chi connectivity index (χ0n) is 10.5. The Morgan fingerprint density at radius 1 is 1.65 bits per heavy atom. The molecule has 5 nitrogen and oxygen atoms in total. The fraction of sp³-hybridized carbons (Fsp3) is 0.667. The van der Waals surface area contributed by atoms with Crippen LogP contribution in [0.1, 0.15) is 18.4 Å². The summed E-state index contributed by atoms with van der Waals surface area (Å²) in [6, 6.07) is 1.93. The van der Waals surface area contributed by atoms with E-state index in [2.05, 4.69) is 17.0 Å². The van der Waals surface area contributed by atoms with Crippen LogP contribution < -0.4 is 0 Å². The topological polar surface area (TPSA) is 55.6 Å². The van der Waals surface area contributed by atoms with Crippen LogP contribution in [0.15, 0.2) is 10.6 Å². The zero-order chi connectivity index (χ0) is 12.4. The maximum Gasteiger partial charge on any atom is 0.310 e. The first-order chi connectivity index (χ1) is 8.10. The van der Waals surface area contributed by atoms with Crippen LogP contribution in [0.25, 0.3) is 0 Å². The number of ether oxygens (including phenoxy) is 1. The molecule has 1 aliphatic rings. The van der Waals surface area contributed by atoms with E-state index in [4.69, 9.17) is 9.26 Å². The van der Waals surface area contributed by atoms with Crippen molar-refractivity contribution in [2.75, 3.05) is 20.2 Å². The number of aryl methyl sites for hydroxylation is 1. The number of nitrogens with zero attached hydrogens (tertiary/aromatic N) is 2. The molecular formula is C12H18N2O3. The third kappa shape index (κ3) is 2.66. The van der Waals surface area contributed by atoms with Crippen molar-refractivity contribution in [1.82, 2.24) is 10.1 Å². The fourth-order valence-corrected chi connectivity index (χ4v) is 2.37. The number of methoxy groups -OCH3 is 1. The van der Waals surface area contributed by atoms with Gasteiger partial charge in [0.05, 0.1) is 25.3 Å². The molecular weight excluding hydrogens is 220 g/mol. The third-order valence-corrected chi connectivity index (χ3v) is 3.25. The van der Waals surface area contributed by atoms with Gasteiger partial charge in [-0.1, -0.05) is 12.1 Å². The van der Waals surface area contributed by atoms with E-state index in [0.29, 0.717) is 12.5 Å². The van der Waals surface area contributed by atoms with E-state index in [0.717, 1.165) is 24.5 Å². The van der Waals surface area contributed by atoms with Gasteiger partial charge >= 0.3 is 5.97 Å². The van der Waals surface area contributed by atoms with Crippen LogP contribution in [0.4, 0.5) is 0 Å². The Labute approximate surface area is 101 Å². The average Bonchev–Trinajstić information content (AvgIpc) is 2.85. The van der Waals surface area contributed by atoms with E-state index < -0.39 is 0 Å². The number of rotatable bonds is 3. The lowest BCUT2D eigenvalue weighted by molar-refractivity contribution is -0.146. The van der Waals surface area contributed by atoms with Gasteiger partial charge in [0.15, 0.2) is 5.76 Å². The minimum atomic E-state index is -0.117. The van der Waals surface area contributed by atoms with Crippen molar-refractivity contribution in [3.05, 3.63) is 17.5 Å². The van der Waals surface area contributed by atoms with Gasteiger partial charge in [-0.25, -0.2) is 0 Å². The van der Waals surface area contributed by atoms with Crippen LogP contribution in [0.2, 0.25) is 0 Å². The number of carbonyl (C=O) groups excluding carboxylic acids is 1. The summed E-state index contributed by atoms with van der Waals surface area (Å²) in [5.41, 5.74) is 0.886. The molecule has 1 saturated heterocycles. The highest BCUT2D eigenvalue weighted by Crippen LogP contribution is 2.25. The van der Waals surface area contributed by atoms with Crippen molar-refractivity contribution in [2.24, 2.45) is 11.8 Å². The van der Waals surface area contributed by atoms with Crippen molar-refractivity contribution in [1.29, 1.82) is 0 Å². The van der Waals surface area contributed by atoms with Gasteiger partial charge in [-0.2, -0.15) is 0 Å². The van der Waals surface area contributed by atoms with Crippen LogP contribution in [-0.2, 0) is 16.1 Å². The minimum Gasteiger partial charge on any atom is -0.469 e. The standard InChI is InChI=1S/C12H18N2O3/c1-8-5-14(7-11(8)12(15)16-3)6-10-4-9(2)13-17-10/h4,8,11H,5-7H2,1-3H3. The number of esters is 1. The highest BCUT2D eigenvalue weighted by molar-refractivity contribution is 5.73. The molecule has 0 aromatic carbocycles. The van der Waals surface area contributed by atoms with Gasteiger partial charge in [-0.15, -0.1) is 0 Å². The van der Waals surface area contributed by atoms with Crippen molar-refractivity contribution in [3.8, 4) is 0 Å². The van der Waals surface area contributed by atoms with E-state index in [1.807, 2.05) is 13.0 Å². The van der Waals surface area contributed by atoms with Gasteiger partial charge in [0.1, 0.15) is 0 Å². The van der Waals surface area contributed by atoms with E-state index in [9.17, 15) is 4.79 Å². The predicted molar refractivity (Wildman–Crippen MR) is 61.2 cm³/mol. The largest absolute Gasteiger partial charge is 0.469 e. The second-order valence-corrected chi connectivity index (χ2v) is 4.74. The van der Waals surface area contributed by atoms with Gasteiger partial charge in [0.25, 0.3) is 0 Å². The lowest BCUT2D eigenvalue weighted by Gasteiger charge is -2.12. The molecule has 2 rings (SSSR count). The number of hydrogen-bond acceptors (Lipinski definition) is 5. The van der Waals surface area contributed by atoms with Crippen LogP contribution in [0, 0.1) is 18.8 Å². The molecule has 2 heterocycles. The molecule has 1 aromatic heterocycles. The Kier molecular flexibility index (Phi) is 3.47. The molecule has 0 N–H and O–H groups in total. The molecule has 1 aromatic rings. The van der Waals surface area contributed by atoms with E-state index in [1.54, 1.807) is 0 Å². The van der Waals surface area contributed by atoms with Crippen LogP contribution in [0.5, 0.6) is 0 Å². The van der Waals surface area contributed by atoms with Gasteiger partial charge in [0.2, 0.25) is 0 Å². The first-order valence-corrected chi connectivity index (χ1v) is 5.82. The van der Waals surface area contributed by atoms with Gasteiger partial charge < -0.3 is 9.26 Å². The van der Waals surface area contributed by atoms with Crippen LogP contribution >= 0.6 is 0 Å². The summed E-state index contributed by atoms with van der Waals surface area (Å²) in [5.74, 6) is 1.03. The van der Waals surface area contributed by atoms with Crippen LogP contribution in [0.3, 0.4) is 0 Å². The molecule has 17 heavy (non-hydrogen) atoms. The summed E-state index contributed by atoms with van der Waals surface area (Å²) in [5, 5.41) is 3.85. The zero-order valence-corrected chi connectivity index (χ0v) is 10.5. The summed E-state index contributed by atoms with van der Waals surface area (Å²) < 4.78 is 9.98. The second-order valence-electron chi connectivity index (χ2n) is 4.74. The summed E-state index contributed by atoms with van der Waals surface area (Å²) in [6.07, 6.45) is 0. The maximum absolute atomic E-state index is 11.5. The quantitative estimate of drug-likeness (QED) is 0.741. The summed E-state index contributed by atoms with van der Waals surface area (Å²) in [6.45, 7) is 6.30. The Balaban J connectivity index is 1.95. The van der Waals surface area contributed by atoms with Crippen molar-refractivity contribution in [3.63, 3.8) is 0 Å². The second kappa shape index (κ2) is 4.87. The lowest BCUT2D eigenvalue weighted by Crippen LogP contribution is -2.24. The molecule has 0 spiro atoms. The molecule has 0 saturated carbocycles. The molecule has 1 fully saturated rings. The molecule has 0 aliphatic carbocycles.